The fourth-order valence-electron chi connectivity index (χ4n) is 4.90. The number of amides is 1. The molecule has 1 amide bonds. The van der Waals surface area contributed by atoms with Crippen LogP contribution >= 0.6 is 12.4 Å². The van der Waals surface area contributed by atoms with Gasteiger partial charge in [0.15, 0.2) is 0 Å². The minimum absolute atomic E-state index is 0. The van der Waals surface area contributed by atoms with Crippen molar-refractivity contribution >= 4 is 18.3 Å². The molecule has 0 radical (unpaired) electrons. The number of halogens is 1. The first-order valence-electron chi connectivity index (χ1n) is 7.78. The van der Waals surface area contributed by atoms with Crippen molar-refractivity contribution in [1.82, 2.24) is 10.6 Å². The number of carbonyl (C=O) groups excluding carboxylic acids is 1. The summed E-state index contributed by atoms with van der Waals surface area (Å²) in [6.07, 6.45) is 8.98. The van der Waals surface area contributed by atoms with Crippen molar-refractivity contribution in [2.75, 3.05) is 13.1 Å². The Kier molecular flexibility index (Phi) is 3.55. The van der Waals surface area contributed by atoms with Crippen LogP contribution in [0.1, 0.15) is 44.9 Å². The lowest BCUT2D eigenvalue weighted by molar-refractivity contribution is -0.124. The monoisotopic (exact) mass is 284 g/mol. The Balaban J connectivity index is 0.00000110. The molecule has 4 atom stereocenters. The molecule has 108 valence electrons. The molecule has 0 aromatic rings. The third-order valence-electron chi connectivity index (χ3n) is 6.17. The smallest absolute Gasteiger partial charge is 0.223 e. The topological polar surface area (TPSA) is 41.1 Å². The maximum absolute atomic E-state index is 12.4. The lowest BCUT2D eigenvalue weighted by atomic mass is 9.91. The first-order valence-corrected chi connectivity index (χ1v) is 7.78. The van der Waals surface area contributed by atoms with Crippen LogP contribution < -0.4 is 10.6 Å². The second-order valence-electron chi connectivity index (χ2n) is 7.16. The fraction of sp³-hybridized carbons (Fsp3) is 0.933. The van der Waals surface area contributed by atoms with E-state index in [1.165, 1.54) is 38.5 Å². The van der Waals surface area contributed by atoms with Crippen LogP contribution in [0, 0.1) is 23.2 Å². The van der Waals surface area contributed by atoms with E-state index in [1.54, 1.807) is 0 Å². The molecule has 0 aromatic heterocycles. The number of nitrogens with one attached hydrogen (secondary N) is 2. The van der Waals surface area contributed by atoms with Gasteiger partial charge in [-0.15, -0.1) is 12.4 Å². The van der Waals surface area contributed by atoms with Crippen LogP contribution in [-0.4, -0.2) is 25.0 Å². The molecule has 4 unspecified atom stereocenters. The van der Waals surface area contributed by atoms with Crippen molar-refractivity contribution < 1.29 is 4.79 Å². The van der Waals surface area contributed by atoms with Crippen molar-refractivity contribution in [2.24, 2.45) is 23.2 Å². The van der Waals surface area contributed by atoms with E-state index in [1.807, 2.05) is 0 Å². The summed E-state index contributed by atoms with van der Waals surface area (Å²) >= 11 is 0. The van der Waals surface area contributed by atoms with Gasteiger partial charge in [-0.2, -0.15) is 0 Å². The van der Waals surface area contributed by atoms with Crippen LogP contribution in [0.3, 0.4) is 0 Å². The zero-order valence-electron chi connectivity index (χ0n) is 11.5. The molecular formula is C15H25ClN2O. The minimum atomic E-state index is 0. The molecule has 1 heterocycles. The summed E-state index contributed by atoms with van der Waals surface area (Å²) in [4.78, 5) is 12.4. The largest absolute Gasteiger partial charge is 0.353 e. The van der Waals surface area contributed by atoms with Gasteiger partial charge in [0.05, 0.1) is 0 Å². The summed E-state index contributed by atoms with van der Waals surface area (Å²) in [5.74, 6) is 2.46. The molecule has 3 nitrogen and oxygen atoms in total. The lowest BCUT2D eigenvalue weighted by Crippen LogP contribution is -2.41. The van der Waals surface area contributed by atoms with Crippen LogP contribution in [0.15, 0.2) is 0 Å². The van der Waals surface area contributed by atoms with Crippen LogP contribution in [0.2, 0.25) is 0 Å². The number of fused-ring (bicyclic) bond motifs is 2. The van der Waals surface area contributed by atoms with Gasteiger partial charge in [-0.25, -0.2) is 0 Å². The number of rotatable bonds is 2. The minimum Gasteiger partial charge on any atom is -0.353 e. The molecule has 3 saturated carbocycles. The highest BCUT2D eigenvalue weighted by molar-refractivity contribution is 5.85. The van der Waals surface area contributed by atoms with E-state index in [4.69, 9.17) is 0 Å². The van der Waals surface area contributed by atoms with Crippen LogP contribution in [0.25, 0.3) is 0 Å². The van der Waals surface area contributed by atoms with Crippen molar-refractivity contribution in [3.8, 4) is 0 Å². The molecule has 1 spiro atoms. The van der Waals surface area contributed by atoms with Crippen molar-refractivity contribution in [2.45, 2.75) is 51.0 Å². The molecule has 0 aromatic carbocycles. The Bertz CT molecular complexity index is 367. The molecule has 2 N–H and O–H groups in total. The second-order valence-corrected chi connectivity index (χ2v) is 7.16. The van der Waals surface area contributed by atoms with E-state index in [0.29, 0.717) is 23.3 Å². The average molecular weight is 285 g/mol. The number of hydrogen-bond donors (Lipinski definition) is 2. The molecule has 4 aliphatic rings. The van der Waals surface area contributed by atoms with E-state index < -0.39 is 0 Å². The zero-order valence-corrected chi connectivity index (χ0v) is 12.3. The maximum atomic E-state index is 12.4. The van der Waals surface area contributed by atoms with E-state index in [9.17, 15) is 4.79 Å². The third kappa shape index (κ3) is 2.29. The van der Waals surface area contributed by atoms with E-state index in [-0.39, 0.29) is 12.4 Å². The Labute approximate surface area is 121 Å². The number of carbonyl (C=O) groups is 1. The normalized spacial score (nSPS) is 41.9. The van der Waals surface area contributed by atoms with Gasteiger partial charge in [0, 0.05) is 12.0 Å². The summed E-state index contributed by atoms with van der Waals surface area (Å²) in [5, 5.41) is 6.79. The average Bonchev–Trinajstić information content (AvgIpc) is 2.76. The molecule has 2 bridgehead atoms. The Hall–Kier alpha value is -0.280. The third-order valence-corrected chi connectivity index (χ3v) is 6.17. The first kappa shape index (κ1) is 13.7. The maximum Gasteiger partial charge on any atom is 0.223 e. The summed E-state index contributed by atoms with van der Waals surface area (Å²) in [7, 11) is 0. The van der Waals surface area contributed by atoms with Crippen molar-refractivity contribution in [1.29, 1.82) is 0 Å². The van der Waals surface area contributed by atoms with E-state index >= 15 is 0 Å². The van der Waals surface area contributed by atoms with Gasteiger partial charge in [-0.05, 0) is 68.9 Å². The highest BCUT2D eigenvalue weighted by Gasteiger charge is 2.58. The first-order chi connectivity index (χ1) is 8.77. The molecule has 4 fully saturated rings. The van der Waals surface area contributed by atoms with E-state index in [2.05, 4.69) is 10.6 Å². The van der Waals surface area contributed by atoms with Crippen LogP contribution in [-0.2, 0) is 4.79 Å². The van der Waals surface area contributed by atoms with Gasteiger partial charge in [0.25, 0.3) is 0 Å². The highest BCUT2D eigenvalue weighted by atomic mass is 35.5. The molecule has 3 aliphatic carbocycles. The van der Waals surface area contributed by atoms with Crippen LogP contribution in [0.4, 0.5) is 0 Å². The summed E-state index contributed by atoms with van der Waals surface area (Å²) in [6.45, 7) is 2.22. The molecule has 1 aliphatic heterocycles. The Morgan fingerprint density at radius 1 is 1.16 bits per heavy atom. The highest BCUT2D eigenvalue weighted by Crippen LogP contribution is 2.58. The molecule has 4 heteroatoms. The summed E-state index contributed by atoms with van der Waals surface area (Å²) in [6, 6.07) is 0.524. The van der Waals surface area contributed by atoms with Gasteiger partial charge in [0.2, 0.25) is 5.91 Å². The lowest BCUT2D eigenvalue weighted by Gasteiger charge is -2.26. The van der Waals surface area contributed by atoms with Gasteiger partial charge in [-0.1, -0.05) is 6.42 Å². The second kappa shape index (κ2) is 4.92. The molecule has 1 saturated heterocycles. The van der Waals surface area contributed by atoms with Gasteiger partial charge in [-0.3, -0.25) is 4.79 Å². The zero-order chi connectivity index (χ0) is 12.2. The summed E-state index contributed by atoms with van der Waals surface area (Å²) in [5.41, 5.74) is 0.396. The van der Waals surface area contributed by atoms with E-state index in [0.717, 1.165) is 31.3 Å². The number of hydrogen-bond acceptors (Lipinski definition) is 2. The Morgan fingerprint density at radius 2 is 1.95 bits per heavy atom. The van der Waals surface area contributed by atoms with Crippen molar-refractivity contribution in [3.63, 3.8) is 0 Å². The standard InChI is InChI=1S/C15H24N2O.ClH/c18-14(12-9-15(12)3-5-16-6-4-15)17-13-8-10-1-2-11(13)7-10;/h10-13,16H,1-9H2,(H,17,18);1H. The van der Waals surface area contributed by atoms with Crippen LogP contribution in [0.5, 0.6) is 0 Å². The Morgan fingerprint density at radius 3 is 2.58 bits per heavy atom. The summed E-state index contributed by atoms with van der Waals surface area (Å²) < 4.78 is 0. The SMILES string of the molecule is Cl.O=C(NC1CC2CCC1C2)C1CC12CCNCC2. The van der Waals surface area contributed by atoms with Gasteiger partial charge >= 0.3 is 0 Å². The molecule has 19 heavy (non-hydrogen) atoms. The fourth-order valence-corrected chi connectivity index (χ4v) is 4.90. The predicted molar refractivity (Wildman–Crippen MR) is 77.3 cm³/mol. The van der Waals surface area contributed by atoms with Gasteiger partial charge < -0.3 is 10.6 Å². The van der Waals surface area contributed by atoms with Crippen molar-refractivity contribution in [3.05, 3.63) is 0 Å². The quantitative estimate of drug-likeness (QED) is 0.815. The predicted octanol–water partition coefficient (Wildman–Crippen LogP) is 2.10. The number of piperidine rings is 1. The van der Waals surface area contributed by atoms with Gasteiger partial charge in [0.1, 0.15) is 0 Å². The molecule has 4 rings (SSSR count). The molecular weight excluding hydrogens is 260 g/mol.